The number of anilines is 3. The fraction of sp³-hybridized carbons (Fsp3) is 0.143. The molecule has 4 heteroatoms. The minimum atomic E-state index is -0.407. The van der Waals surface area contributed by atoms with Gasteiger partial charge in [-0.25, -0.2) is 0 Å². The fourth-order valence-electron chi connectivity index (χ4n) is 5.98. The van der Waals surface area contributed by atoms with Gasteiger partial charge in [-0.05, 0) is 103 Å². The van der Waals surface area contributed by atoms with E-state index in [1.807, 2.05) is 0 Å². The van der Waals surface area contributed by atoms with Gasteiger partial charge >= 0.3 is 7.12 Å². The molecule has 1 aliphatic heterocycles. The molecule has 0 unspecified atom stereocenters. The molecule has 6 aromatic carbocycles. The highest BCUT2D eigenvalue weighted by Crippen LogP contribution is 2.39. The Bertz CT molecular complexity index is 1840. The van der Waals surface area contributed by atoms with Gasteiger partial charge in [-0.1, -0.05) is 121 Å². The van der Waals surface area contributed by atoms with Crippen molar-refractivity contribution in [2.75, 3.05) is 4.90 Å². The topological polar surface area (TPSA) is 21.7 Å². The minimum absolute atomic E-state index is 0.389. The summed E-state index contributed by atoms with van der Waals surface area (Å²) < 4.78 is 12.7. The van der Waals surface area contributed by atoms with Gasteiger partial charge in [-0.2, -0.15) is 0 Å². The zero-order chi connectivity index (χ0) is 31.7. The Labute approximate surface area is 273 Å². The van der Waals surface area contributed by atoms with Crippen molar-refractivity contribution in [1.29, 1.82) is 0 Å². The zero-order valence-corrected chi connectivity index (χ0v) is 26.9. The normalized spacial score (nSPS) is 15.1. The lowest BCUT2D eigenvalue weighted by Gasteiger charge is -2.32. The molecule has 0 N–H and O–H groups in total. The lowest BCUT2D eigenvalue weighted by atomic mass is 9.78. The van der Waals surface area contributed by atoms with Crippen molar-refractivity contribution >= 4 is 29.6 Å². The highest BCUT2D eigenvalue weighted by Gasteiger charge is 2.51. The van der Waals surface area contributed by atoms with E-state index < -0.39 is 7.12 Å². The first-order valence-corrected chi connectivity index (χ1v) is 15.9. The number of nitrogens with zero attached hydrogens (tertiary/aromatic N) is 1. The van der Waals surface area contributed by atoms with Crippen molar-refractivity contribution in [3.05, 3.63) is 158 Å². The molecule has 1 saturated heterocycles. The molecular weight excluding hydrogens is 561 g/mol. The Hall–Kier alpha value is -4.90. The van der Waals surface area contributed by atoms with Gasteiger partial charge in [0.15, 0.2) is 0 Å². The number of benzene rings is 6. The number of hydrogen-bond acceptors (Lipinski definition) is 3. The summed E-state index contributed by atoms with van der Waals surface area (Å²) in [7, 11) is -0.407. The predicted octanol–water partition coefficient (Wildman–Crippen LogP) is 10.5. The highest BCUT2D eigenvalue weighted by molar-refractivity contribution is 6.62. The van der Waals surface area contributed by atoms with Gasteiger partial charge in [0.1, 0.15) is 0 Å². The van der Waals surface area contributed by atoms with Crippen LogP contribution in [-0.2, 0) is 9.31 Å². The maximum absolute atomic E-state index is 6.37. The second-order valence-electron chi connectivity index (χ2n) is 12.9. The fourth-order valence-corrected chi connectivity index (χ4v) is 5.98. The van der Waals surface area contributed by atoms with Crippen LogP contribution in [0.15, 0.2) is 158 Å². The van der Waals surface area contributed by atoms with E-state index in [1.165, 1.54) is 22.3 Å². The SMILES string of the molecule is CC1(C)OB(c2cccc(-c3cccc(N(c4ccc(-c5ccccc5)cc4)c4ccc(-c5ccccc5)cc4)c3)c2)OC1(C)C. The quantitative estimate of drug-likeness (QED) is 0.171. The first-order valence-electron chi connectivity index (χ1n) is 15.9. The minimum Gasteiger partial charge on any atom is -0.399 e. The molecule has 0 amide bonds. The van der Waals surface area contributed by atoms with Gasteiger partial charge in [0, 0.05) is 17.1 Å². The van der Waals surface area contributed by atoms with Crippen LogP contribution in [-0.4, -0.2) is 18.3 Å². The molecule has 1 aliphatic rings. The van der Waals surface area contributed by atoms with E-state index in [0.29, 0.717) is 0 Å². The third kappa shape index (κ3) is 5.90. The standard InChI is InChI=1S/C42H38BNO2/c1-41(2)42(3,4)46-43(45-41)37-19-11-17-35(29-37)36-18-12-20-40(30-36)44(38-25-21-33(22-26-38)31-13-7-5-8-14-31)39-27-23-34(24-28-39)32-15-9-6-10-16-32/h5-30H,1-4H3. The first kappa shape index (κ1) is 29.8. The van der Waals surface area contributed by atoms with Crippen molar-refractivity contribution < 1.29 is 9.31 Å². The third-order valence-electron chi connectivity index (χ3n) is 9.31. The molecule has 0 saturated carbocycles. The first-order chi connectivity index (χ1) is 22.3. The molecule has 0 bridgehead atoms. The third-order valence-corrected chi connectivity index (χ3v) is 9.31. The van der Waals surface area contributed by atoms with Gasteiger partial charge < -0.3 is 14.2 Å². The Morgan fingerprint density at radius 1 is 0.391 bits per heavy atom. The molecule has 1 heterocycles. The van der Waals surface area contributed by atoms with Crippen LogP contribution in [0.1, 0.15) is 27.7 Å². The summed E-state index contributed by atoms with van der Waals surface area (Å²) in [6.45, 7) is 8.36. The van der Waals surface area contributed by atoms with Crippen LogP contribution in [0, 0.1) is 0 Å². The van der Waals surface area contributed by atoms with E-state index in [4.69, 9.17) is 9.31 Å². The highest BCUT2D eigenvalue weighted by atomic mass is 16.7. The van der Waals surface area contributed by atoms with Crippen LogP contribution in [0.5, 0.6) is 0 Å². The Balaban J connectivity index is 1.26. The van der Waals surface area contributed by atoms with E-state index in [9.17, 15) is 0 Å². The summed E-state index contributed by atoms with van der Waals surface area (Å²) in [5.74, 6) is 0. The molecular formula is C42H38BNO2. The Kier molecular flexibility index (Phi) is 7.86. The van der Waals surface area contributed by atoms with Crippen molar-refractivity contribution in [3.63, 3.8) is 0 Å². The molecule has 1 fully saturated rings. The second-order valence-corrected chi connectivity index (χ2v) is 12.9. The average molecular weight is 600 g/mol. The van der Waals surface area contributed by atoms with Crippen molar-refractivity contribution in [2.24, 2.45) is 0 Å². The van der Waals surface area contributed by atoms with E-state index in [0.717, 1.165) is 33.7 Å². The molecule has 0 aromatic heterocycles. The molecule has 226 valence electrons. The van der Waals surface area contributed by atoms with Crippen molar-refractivity contribution in [3.8, 4) is 33.4 Å². The lowest BCUT2D eigenvalue weighted by molar-refractivity contribution is 0.00578. The molecule has 0 aliphatic carbocycles. The maximum Gasteiger partial charge on any atom is 0.494 e. The maximum atomic E-state index is 6.37. The Morgan fingerprint density at radius 3 is 1.30 bits per heavy atom. The lowest BCUT2D eigenvalue weighted by Crippen LogP contribution is -2.41. The summed E-state index contributed by atoms with van der Waals surface area (Å²) in [5, 5.41) is 0. The van der Waals surface area contributed by atoms with Gasteiger partial charge in [-0.15, -0.1) is 0 Å². The van der Waals surface area contributed by atoms with Gasteiger partial charge in [0.25, 0.3) is 0 Å². The van der Waals surface area contributed by atoms with Gasteiger partial charge in [-0.3, -0.25) is 0 Å². The summed E-state index contributed by atoms with van der Waals surface area (Å²) in [5.41, 5.74) is 10.5. The summed E-state index contributed by atoms with van der Waals surface area (Å²) in [4.78, 5) is 2.32. The number of rotatable bonds is 7. The molecule has 3 nitrogen and oxygen atoms in total. The largest absolute Gasteiger partial charge is 0.494 e. The Morgan fingerprint density at radius 2 is 0.804 bits per heavy atom. The van der Waals surface area contributed by atoms with E-state index >= 15 is 0 Å². The van der Waals surface area contributed by atoms with E-state index in [1.54, 1.807) is 0 Å². The van der Waals surface area contributed by atoms with Crippen LogP contribution in [0.2, 0.25) is 0 Å². The average Bonchev–Trinajstić information content (AvgIpc) is 3.32. The van der Waals surface area contributed by atoms with Crippen LogP contribution in [0.4, 0.5) is 17.1 Å². The molecule has 0 spiro atoms. The summed E-state index contributed by atoms with van der Waals surface area (Å²) in [6.07, 6.45) is 0. The molecule has 7 rings (SSSR count). The van der Waals surface area contributed by atoms with Crippen molar-refractivity contribution in [1.82, 2.24) is 0 Å². The summed E-state index contributed by atoms with van der Waals surface area (Å²) in [6, 6.07) is 55.9. The van der Waals surface area contributed by atoms with Crippen LogP contribution in [0.25, 0.3) is 33.4 Å². The molecule has 0 atom stereocenters. The van der Waals surface area contributed by atoms with Gasteiger partial charge in [0.05, 0.1) is 11.2 Å². The van der Waals surface area contributed by atoms with Crippen LogP contribution in [0.3, 0.4) is 0 Å². The molecule has 0 radical (unpaired) electrons. The summed E-state index contributed by atoms with van der Waals surface area (Å²) >= 11 is 0. The monoisotopic (exact) mass is 599 g/mol. The van der Waals surface area contributed by atoms with Crippen LogP contribution < -0.4 is 10.4 Å². The number of hydrogen-bond donors (Lipinski definition) is 0. The predicted molar refractivity (Wildman–Crippen MR) is 193 cm³/mol. The van der Waals surface area contributed by atoms with Gasteiger partial charge in [0.2, 0.25) is 0 Å². The zero-order valence-electron chi connectivity index (χ0n) is 26.9. The van der Waals surface area contributed by atoms with E-state index in [-0.39, 0.29) is 11.2 Å². The smallest absolute Gasteiger partial charge is 0.399 e. The molecule has 6 aromatic rings. The van der Waals surface area contributed by atoms with E-state index in [2.05, 4.69) is 190 Å². The van der Waals surface area contributed by atoms with Crippen LogP contribution >= 0.6 is 0 Å². The second kappa shape index (κ2) is 12.1. The van der Waals surface area contributed by atoms with Crippen molar-refractivity contribution in [2.45, 2.75) is 38.9 Å². The molecule has 46 heavy (non-hydrogen) atoms.